The third-order valence-corrected chi connectivity index (χ3v) is 5.28. The molecule has 0 atom stereocenters. The summed E-state index contributed by atoms with van der Waals surface area (Å²) in [6.45, 7) is 4.32. The Morgan fingerprint density at radius 2 is 1.58 bits per heavy atom. The highest BCUT2D eigenvalue weighted by atomic mass is 79.9. The Bertz CT molecular complexity index is 906. The zero-order valence-corrected chi connectivity index (χ0v) is 16.9. The number of halogens is 1. The number of hydrogen-bond acceptors (Lipinski definition) is 0. The van der Waals surface area contributed by atoms with Gasteiger partial charge in [-0.2, -0.15) is 0 Å². The van der Waals surface area contributed by atoms with Crippen LogP contribution in [0.3, 0.4) is 0 Å². The van der Waals surface area contributed by atoms with E-state index in [1.165, 1.54) is 33.4 Å². The van der Waals surface area contributed by atoms with Crippen LogP contribution in [0, 0.1) is 13.8 Å². The molecule has 0 heterocycles. The molecule has 2 radical (unpaired) electrons. The highest BCUT2D eigenvalue weighted by Crippen LogP contribution is 2.26. The highest BCUT2D eigenvalue weighted by molar-refractivity contribution is 9.10. The molecular weight excluding hydrogens is 379 g/mol. The third kappa shape index (κ3) is 4.99. The fourth-order valence-electron chi connectivity index (χ4n) is 2.98. The number of benzene rings is 3. The zero-order valence-electron chi connectivity index (χ0n) is 15.3. The molecule has 128 valence electrons. The van der Waals surface area contributed by atoms with Crippen LogP contribution in [0.1, 0.15) is 34.2 Å². The van der Waals surface area contributed by atoms with Crippen LogP contribution < -0.4 is 5.46 Å². The maximum atomic E-state index is 5.80. The number of rotatable bonds is 5. The Hall–Kier alpha value is -2.06. The van der Waals surface area contributed by atoms with Gasteiger partial charge in [-0.3, -0.25) is 0 Å². The zero-order chi connectivity index (χ0) is 18.5. The molecule has 0 aliphatic rings. The van der Waals surface area contributed by atoms with E-state index in [0.29, 0.717) is 0 Å². The summed E-state index contributed by atoms with van der Waals surface area (Å²) in [6.07, 6.45) is 4.29. The van der Waals surface area contributed by atoms with E-state index in [2.05, 4.69) is 90.5 Å². The lowest BCUT2D eigenvalue weighted by molar-refractivity contribution is 1.02. The van der Waals surface area contributed by atoms with Crippen LogP contribution in [-0.4, -0.2) is 7.85 Å². The van der Waals surface area contributed by atoms with Gasteiger partial charge >= 0.3 is 0 Å². The SMILES string of the molecule is [B]c1ccc(CC/C(=C/c2ccc(C)c(C)c2)c2ccc(Br)cc2)cc1. The predicted octanol–water partition coefficient (Wildman–Crippen LogP) is 6.03. The normalized spacial score (nSPS) is 11.6. The fourth-order valence-corrected chi connectivity index (χ4v) is 3.25. The number of hydrogen-bond donors (Lipinski definition) is 0. The molecular formula is C24H22BBr. The number of allylic oxidation sites excluding steroid dienone is 1. The van der Waals surface area contributed by atoms with E-state index < -0.39 is 0 Å². The molecule has 26 heavy (non-hydrogen) atoms. The summed E-state index contributed by atoms with van der Waals surface area (Å²) >= 11 is 3.53. The van der Waals surface area contributed by atoms with Gasteiger partial charge in [-0.1, -0.05) is 82.1 Å². The van der Waals surface area contributed by atoms with E-state index in [9.17, 15) is 0 Å². The standard InChI is InChI=1S/C24H22BBr/c1-17-3-4-20(15-18(17)2)16-22(21-9-13-24(26)14-10-21)8-5-19-6-11-23(25)12-7-19/h3-4,6-7,9-16H,5,8H2,1-2H3/b22-16-. The van der Waals surface area contributed by atoms with Gasteiger partial charge in [0.15, 0.2) is 0 Å². The van der Waals surface area contributed by atoms with E-state index in [-0.39, 0.29) is 0 Å². The van der Waals surface area contributed by atoms with Crippen LogP contribution in [-0.2, 0) is 6.42 Å². The molecule has 0 aliphatic heterocycles. The summed E-state index contributed by atoms with van der Waals surface area (Å²) in [5, 5.41) is 0. The lowest BCUT2D eigenvalue weighted by atomic mass is 9.92. The van der Waals surface area contributed by atoms with Crippen molar-refractivity contribution < 1.29 is 0 Å². The van der Waals surface area contributed by atoms with Crippen LogP contribution in [0.15, 0.2) is 71.2 Å². The Kier molecular flexibility index (Phi) is 6.16. The Labute approximate surface area is 166 Å². The molecule has 0 unspecified atom stereocenters. The van der Waals surface area contributed by atoms with Gasteiger partial charge in [-0.05, 0) is 72.2 Å². The highest BCUT2D eigenvalue weighted by Gasteiger charge is 2.05. The van der Waals surface area contributed by atoms with Crippen molar-refractivity contribution in [1.29, 1.82) is 0 Å². The van der Waals surface area contributed by atoms with Gasteiger partial charge in [0.25, 0.3) is 0 Å². The van der Waals surface area contributed by atoms with Crippen molar-refractivity contribution in [3.05, 3.63) is 99.0 Å². The van der Waals surface area contributed by atoms with Gasteiger partial charge in [0.2, 0.25) is 0 Å². The maximum absolute atomic E-state index is 5.80. The summed E-state index contributed by atoms with van der Waals surface area (Å²) in [5.41, 5.74) is 8.64. The van der Waals surface area contributed by atoms with E-state index in [0.717, 1.165) is 22.8 Å². The second-order valence-corrected chi connectivity index (χ2v) is 7.68. The molecule has 3 rings (SSSR count). The summed E-state index contributed by atoms with van der Waals surface area (Å²) in [6, 6.07) is 23.4. The molecule has 0 amide bonds. The minimum atomic E-state index is 0.813. The molecule has 0 spiro atoms. The summed E-state index contributed by atoms with van der Waals surface area (Å²) in [5.74, 6) is 0. The monoisotopic (exact) mass is 400 g/mol. The molecule has 0 nitrogen and oxygen atoms in total. The van der Waals surface area contributed by atoms with E-state index in [1.54, 1.807) is 0 Å². The minimum Gasteiger partial charge on any atom is -0.0967 e. The maximum Gasteiger partial charge on any atom is 0.113 e. The largest absolute Gasteiger partial charge is 0.113 e. The predicted molar refractivity (Wildman–Crippen MR) is 118 cm³/mol. The second kappa shape index (κ2) is 8.55. The lowest BCUT2D eigenvalue weighted by Gasteiger charge is -2.10. The van der Waals surface area contributed by atoms with Crippen molar-refractivity contribution >= 4 is 40.9 Å². The molecule has 3 aromatic carbocycles. The minimum absolute atomic E-state index is 0.813. The van der Waals surface area contributed by atoms with Crippen LogP contribution >= 0.6 is 15.9 Å². The van der Waals surface area contributed by atoms with Crippen molar-refractivity contribution in [2.24, 2.45) is 0 Å². The summed E-state index contributed by atoms with van der Waals surface area (Å²) < 4.78 is 1.10. The average molecular weight is 401 g/mol. The van der Waals surface area contributed by atoms with Crippen LogP contribution in [0.5, 0.6) is 0 Å². The molecule has 0 aliphatic carbocycles. The lowest BCUT2D eigenvalue weighted by Crippen LogP contribution is -2.00. The van der Waals surface area contributed by atoms with Gasteiger partial charge in [0.1, 0.15) is 7.85 Å². The quantitative estimate of drug-likeness (QED) is 0.362. The van der Waals surface area contributed by atoms with Gasteiger partial charge in [0, 0.05) is 4.47 Å². The number of aryl methyl sites for hydroxylation is 3. The van der Waals surface area contributed by atoms with Crippen molar-refractivity contribution in [2.45, 2.75) is 26.7 Å². The topological polar surface area (TPSA) is 0 Å². The first-order valence-electron chi connectivity index (χ1n) is 8.89. The Morgan fingerprint density at radius 3 is 2.23 bits per heavy atom. The third-order valence-electron chi connectivity index (χ3n) is 4.75. The average Bonchev–Trinajstić information content (AvgIpc) is 2.64. The van der Waals surface area contributed by atoms with Crippen LogP contribution in [0.25, 0.3) is 11.6 Å². The first kappa shape index (κ1) is 18.7. The molecule has 0 fully saturated rings. The van der Waals surface area contributed by atoms with Crippen molar-refractivity contribution in [1.82, 2.24) is 0 Å². The molecule has 3 aromatic rings. The van der Waals surface area contributed by atoms with Gasteiger partial charge in [-0.25, -0.2) is 0 Å². The van der Waals surface area contributed by atoms with Crippen molar-refractivity contribution in [3.8, 4) is 0 Å². The van der Waals surface area contributed by atoms with Crippen LogP contribution in [0.4, 0.5) is 0 Å². The first-order valence-corrected chi connectivity index (χ1v) is 9.69. The molecule has 0 N–H and O–H groups in total. The van der Waals surface area contributed by atoms with E-state index >= 15 is 0 Å². The van der Waals surface area contributed by atoms with Gasteiger partial charge in [0.05, 0.1) is 0 Å². The van der Waals surface area contributed by atoms with Crippen molar-refractivity contribution in [2.75, 3.05) is 0 Å². The van der Waals surface area contributed by atoms with E-state index in [4.69, 9.17) is 7.85 Å². The summed E-state index contributed by atoms with van der Waals surface area (Å²) in [4.78, 5) is 0. The van der Waals surface area contributed by atoms with E-state index in [1.807, 2.05) is 12.1 Å². The molecule has 2 heteroatoms. The Balaban J connectivity index is 1.90. The van der Waals surface area contributed by atoms with Gasteiger partial charge in [-0.15, -0.1) is 0 Å². The Morgan fingerprint density at radius 1 is 0.885 bits per heavy atom. The molecule has 0 bridgehead atoms. The molecule has 0 saturated carbocycles. The molecule has 0 aromatic heterocycles. The van der Waals surface area contributed by atoms with Crippen molar-refractivity contribution in [3.63, 3.8) is 0 Å². The van der Waals surface area contributed by atoms with Gasteiger partial charge < -0.3 is 0 Å². The van der Waals surface area contributed by atoms with Crippen LogP contribution in [0.2, 0.25) is 0 Å². The summed E-state index contributed by atoms with van der Waals surface area (Å²) in [7, 11) is 5.80. The molecule has 0 saturated heterocycles. The first-order chi connectivity index (χ1) is 12.5. The second-order valence-electron chi connectivity index (χ2n) is 6.76. The smallest absolute Gasteiger partial charge is 0.0967 e. The fraction of sp³-hybridized carbons (Fsp3) is 0.167.